The molecule has 0 aromatic heterocycles. The van der Waals surface area contributed by atoms with Gasteiger partial charge in [0.15, 0.2) is 0 Å². The van der Waals surface area contributed by atoms with Crippen molar-refractivity contribution in [2.75, 3.05) is 6.54 Å². The number of benzene rings is 1. The molecule has 0 atom stereocenters. The van der Waals surface area contributed by atoms with Gasteiger partial charge < -0.3 is 10.6 Å². The highest BCUT2D eigenvalue weighted by atomic mass is 16.1. The van der Waals surface area contributed by atoms with Crippen LogP contribution in [-0.4, -0.2) is 18.5 Å². The first-order chi connectivity index (χ1) is 7.34. The normalized spacial score (nSPS) is 14.9. The molecule has 3 heteroatoms. The quantitative estimate of drug-likeness (QED) is 0.753. The van der Waals surface area contributed by atoms with Crippen molar-refractivity contribution < 1.29 is 4.79 Å². The van der Waals surface area contributed by atoms with Crippen molar-refractivity contribution in [2.24, 2.45) is 0 Å². The van der Waals surface area contributed by atoms with E-state index in [2.05, 4.69) is 10.6 Å². The van der Waals surface area contributed by atoms with Crippen LogP contribution in [0.3, 0.4) is 0 Å². The number of rotatable bonds is 5. The predicted octanol–water partition coefficient (Wildman–Crippen LogP) is 1.05. The maximum Gasteiger partial charge on any atom is 0.234 e. The van der Waals surface area contributed by atoms with Gasteiger partial charge in [0.2, 0.25) is 5.91 Å². The van der Waals surface area contributed by atoms with Crippen LogP contribution in [0.4, 0.5) is 0 Å². The molecule has 0 aliphatic heterocycles. The zero-order valence-electron chi connectivity index (χ0n) is 8.70. The van der Waals surface area contributed by atoms with E-state index >= 15 is 0 Å². The lowest BCUT2D eigenvalue weighted by molar-refractivity contribution is -0.120. The third-order valence-corrected chi connectivity index (χ3v) is 2.46. The molecule has 0 spiro atoms. The number of carbonyl (C=O) groups excluding carboxylic acids is 1. The van der Waals surface area contributed by atoms with Gasteiger partial charge in [-0.2, -0.15) is 0 Å². The minimum atomic E-state index is 0.0748. The van der Waals surface area contributed by atoms with Crippen LogP contribution >= 0.6 is 0 Å². The zero-order valence-corrected chi connectivity index (χ0v) is 8.70. The minimum absolute atomic E-state index is 0.0748. The molecule has 3 nitrogen and oxygen atoms in total. The summed E-state index contributed by atoms with van der Waals surface area (Å²) in [4.78, 5) is 11.4. The first kappa shape index (κ1) is 10.2. The van der Waals surface area contributed by atoms with E-state index in [1.165, 1.54) is 12.8 Å². The van der Waals surface area contributed by atoms with Crippen LogP contribution in [0.2, 0.25) is 0 Å². The van der Waals surface area contributed by atoms with E-state index in [1.54, 1.807) is 0 Å². The van der Waals surface area contributed by atoms with Crippen molar-refractivity contribution in [3.8, 4) is 0 Å². The first-order valence-corrected chi connectivity index (χ1v) is 5.38. The van der Waals surface area contributed by atoms with Gasteiger partial charge in [0.1, 0.15) is 0 Å². The minimum Gasteiger partial charge on any atom is -0.351 e. The maximum absolute atomic E-state index is 11.4. The molecule has 0 radical (unpaired) electrons. The van der Waals surface area contributed by atoms with E-state index in [0.29, 0.717) is 19.1 Å². The van der Waals surface area contributed by atoms with Gasteiger partial charge in [-0.15, -0.1) is 0 Å². The molecule has 1 amide bonds. The van der Waals surface area contributed by atoms with Gasteiger partial charge in [0, 0.05) is 12.6 Å². The fourth-order valence-electron chi connectivity index (χ4n) is 1.38. The second kappa shape index (κ2) is 4.94. The molecule has 0 bridgehead atoms. The van der Waals surface area contributed by atoms with Crippen LogP contribution in [0, 0.1) is 0 Å². The lowest BCUT2D eigenvalue weighted by Gasteiger charge is -2.05. The standard InChI is InChI=1S/C12H16N2O/c15-12(9-13-11-6-7-11)14-8-10-4-2-1-3-5-10/h1-5,11,13H,6-9H2,(H,14,15). The molecule has 1 saturated carbocycles. The second-order valence-electron chi connectivity index (χ2n) is 3.92. The third kappa shape index (κ3) is 3.72. The van der Waals surface area contributed by atoms with Crippen LogP contribution in [-0.2, 0) is 11.3 Å². The van der Waals surface area contributed by atoms with Crippen LogP contribution < -0.4 is 10.6 Å². The Morgan fingerprint density at radius 1 is 1.27 bits per heavy atom. The highest BCUT2D eigenvalue weighted by Crippen LogP contribution is 2.17. The molecule has 15 heavy (non-hydrogen) atoms. The highest BCUT2D eigenvalue weighted by Gasteiger charge is 2.20. The van der Waals surface area contributed by atoms with Crippen LogP contribution in [0.1, 0.15) is 18.4 Å². The number of amides is 1. The number of nitrogens with one attached hydrogen (secondary N) is 2. The second-order valence-corrected chi connectivity index (χ2v) is 3.92. The van der Waals surface area contributed by atoms with Gasteiger partial charge in [-0.25, -0.2) is 0 Å². The average molecular weight is 204 g/mol. The maximum atomic E-state index is 11.4. The Kier molecular flexibility index (Phi) is 3.35. The van der Waals surface area contributed by atoms with Crippen molar-refractivity contribution >= 4 is 5.91 Å². The molecule has 1 aliphatic carbocycles. The molecule has 0 saturated heterocycles. The summed E-state index contributed by atoms with van der Waals surface area (Å²) in [6, 6.07) is 10.5. The van der Waals surface area contributed by atoms with E-state index < -0.39 is 0 Å². The Balaban J connectivity index is 1.66. The van der Waals surface area contributed by atoms with Crippen molar-refractivity contribution in [3.63, 3.8) is 0 Å². The zero-order chi connectivity index (χ0) is 10.5. The van der Waals surface area contributed by atoms with E-state index in [4.69, 9.17) is 0 Å². The van der Waals surface area contributed by atoms with Crippen molar-refractivity contribution in [3.05, 3.63) is 35.9 Å². The lowest BCUT2D eigenvalue weighted by atomic mass is 10.2. The Labute approximate surface area is 89.9 Å². The topological polar surface area (TPSA) is 41.1 Å². The molecular formula is C12H16N2O. The SMILES string of the molecule is O=C(CNC1CC1)NCc1ccccc1. The number of hydrogen-bond donors (Lipinski definition) is 2. The monoisotopic (exact) mass is 204 g/mol. The van der Waals surface area contributed by atoms with E-state index in [1.807, 2.05) is 30.3 Å². The van der Waals surface area contributed by atoms with E-state index in [9.17, 15) is 4.79 Å². The fourth-order valence-corrected chi connectivity index (χ4v) is 1.38. The molecule has 80 valence electrons. The summed E-state index contributed by atoms with van der Waals surface area (Å²) in [7, 11) is 0. The largest absolute Gasteiger partial charge is 0.351 e. The summed E-state index contributed by atoms with van der Waals surface area (Å²) in [6.45, 7) is 1.06. The van der Waals surface area contributed by atoms with Crippen LogP contribution in [0.5, 0.6) is 0 Å². The van der Waals surface area contributed by atoms with Crippen molar-refractivity contribution in [1.82, 2.24) is 10.6 Å². The summed E-state index contributed by atoms with van der Waals surface area (Å²) in [5.41, 5.74) is 1.14. The Hall–Kier alpha value is -1.35. The van der Waals surface area contributed by atoms with Crippen molar-refractivity contribution in [1.29, 1.82) is 0 Å². The number of hydrogen-bond acceptors (Lipinski definition) is 2. The van der Waals surface area contributed by atoms with Gasteiger partial charge >= 0.3 is 0 Å². The summed E-state index contributed by atoms with van der Waals surface area (Å²) in [5, 5.41) is 6.06. The van der Waals surface area contributed by atoms with Crippen LogP contribution in [0.15, 0.2) is 30.3 Å². The lowest BCUT2D eigenvalue weighted by Crippen LogP contribution is -2.34. The van der Waals surface area contributed by atoms with Crippen LogP contribution in [0.25, 0.3) is 0 Å². The smallest absolute Gasteiger partial charge is 0.234 e. The molecule has 1 aromatic rings. The highest BCUT2D eigenvalue weighted by molar-refractivity contribution is 5.78. The van der Waals surface area contributed by atoms with E-state index in [0.717, 1.165) is 5.56 Å². The van der Waals surface area contributed by atoms with Gasteiger partial charge in [-0.1, -0.05) is 30.3 Å². The van der Waals surface area contributed by atoms with Gasteiger partial charge in [-0.3, -0.25) is 4.79 Å². The predicted molar refractivity (Wildman–Crippen MR) is 59.3 cm³/mol. The molecule has 1 aromatic carbocycles. The van der Waals surface area contributed by atoms with Crippen molar-refractivity contribution in [2.45, 2.75) is 25.4 Å². The first-order valence-electron chi connectivity index (χ1n) is 5.38. The molecule has 1 fully saturated rings. The Morgan fingerprint density at radius 3 is 2.67 bits per heavy atom. The fraction of sp³-hybridized carbons (Fsp3) is 0.417. The van der Waals surface area contributed by atoms with Gasteiger partial charge in [-0.05, 0) is 18.4 Å². The Morgan fingerprint density at radius 2 is 2.00 bits per heavy atom. The number of carbonyl (C=O) groups is 1. The average Bonchev–Trinajstić information content (AvgIpc) is 3.09. The third-order valence-electron chi connectivity index (χ3n) is 2.46. The summed E-state index contributed by atoms with van der Waals surface area (Å²) < 4.78 is 0. The molecular weight excluding hydrogens is 188 g/mol. The molecule has 1 aliphatic rings. The van der Waals surface area contributed by atoms with E-state index in [-0.39, 0.29) is 5.91 Å². The summed E-state index contributed by atoms with van der Waals surface area (Å²) in [6.07, 6.45) is 2.43. The molecule has 2 rings (SSSR count). The van der Waals surface area contributed by atoms with Gasteiger partial charge in [0.05, 0.1) is 6.54 Å². The van der Waals surface area contributed by atoms with Gasteiger partial charge in [0.25, 0.3) is 0 Å². The Bertz CT molecular complexity index is 320. The summed E-state index contributed by atoms with van der Waals surface area (Å²) >= 11 is 0. The molecule has 0 heterocycles. The molecule has 2 N–H and O–H groups in total. The summed E-state index contributed by atoms with van der Waals surface area (Å²) in [5.74, 6) is 0.0748. The molecule has 0 unspecified atom stereocenters.